The van der Waals surface area contributed by atoms with Gasteiger partial charge in [-0.1, -0.05) is 18.2 Å². The highest BCUT2D eigenvalue weighted by molar-refractivity contribution is 14.1. The molecule has 144 valence electrons. The van der Waals surface area contributed by atoms with Crippen LogP contribution in [0.3, 0.4) is 0 Å². The third-order valence-corrected chi connectivity index (χ3v) is 4.93. The Labute approximate surface area is 177 Å². The average molecular weight is 489 g/mol. The Kier molecular flexibility index (Phi) is 6.41. The summed E-state index contributed by atoms with van der Waals surface area (Å²) in [5.41, 5.74) is 2.22. The zero-order valence-electron chi connectivity index (χ0n) is 15.8. The Hall–Kier alpha value is -2.74. The summed E-state index contributed by atoms with van der Waals surface area (Å²) in [6, 6.07) is 18.5. The molecule has 6 heteroatoms. The van der Waals surface area contributed by atoms with Crippen LogP contribution in [0.4, 0.5) is 5.69 Å². The van der Waals surface area contributed by atoms with E-state index in [4.69, 9.17) is 14.2 Å². The molecule has 0 heterocycles. The first-order chi connectivity index (χ1) is 13.5. The highest BCUT2D eigenvalue weighted by atomic mass is 127. The van der Waals surface area contributed by atoms with Gasteiger partial charge in [0.1, 0.15) is 11.5 Å². The first-order valence-corrected chi connectivity index (χ1v) is 9.66. The smallest absolute Gasteiger partial charge is 0.255 e. The van der Waals surface area contributed by atoms with E-state index in [-0.39, 0.29) is 5.91 Å². The number of hydrogen-bond acceptors (Lipinski definition) is 4. The molecule has 1 amide bonds. The lowest BCUT2D eigenvalue weighted by Crippen LogP contribution is -2.12. The van der Waals surface area contributed by atoms with Gasteiger partial charge < -0.3 is 19.5 Å². The van der Waals surface area contributed by atoms with Crippen LogP contribution in [0.5, 0.6) is 23.0 Å². The number of halogens is 1. The third-order valence-electron chi connectivity index (χ3n) is 4.13. The number of rotatable bonds is 6. The maximum absolute atomic E-state index is 12.6. The molecule has 0 radical (unpaired) electrons. The Bertz CT molecular complexity index is 986. The number of para-hydroxylation sites is 1. The van der Waals surface area contributed by atoms with Crippen LogP contribution >= 0.6 is 22.6 Å². The number of carbonyl (C=O) groups excluding carboxylic acids is 1. The minimum Gasteiger partial charge on any atom is -0.493 e. The summed E-state index contributed by atoms with van der Waals surface area (Å²) < 4.78 is 17.3. The van der Waals surface area contributed by atoms with Gasteiger partial charge in [-0.25, -0.2) is 0 Å². The largest absolute Gasteiger partial charge is 0.493 e. The van der Waals surface area contributed by atoms with Gasteiger partial charge in [-0.2, -0.15) is 0 Å². The van der Waals surface area contributed by atoms with Crippen LogP contribution < -0.4 is 19.5 Å². The van der Waals surface area contributed by atoms with Crippen LogP contribution in [-0.2, 0) is 0 Å². The minimum atomic E-state index is -0.230. The van der Waals surface area contributed by atoms with Crippen molar-refractivity contribution in [2.45, 2.75) is 6.92 Å². The molecule has 0 bridgehead atoms. The van der Waals surface area contributed by atoms with Gasteiger partial charge >= 0.3 is 0 Å². The summed E-state index contributed by atoms with van der Waals surface area (Å²) in [6.45, 7) is 1.99. The molecule has 1 N–H and O–H groups in total. The number of benzene rings is 3. The monoisotopic (exact) mass is 489 g/mol. The molecule has 5 nitrogen and oxygen atoms in total. The van der Waals surface area contributed by atoms with E-state index >= 15 is 0 Å². The van der Waals surface area contributed by atoms with Crippen LogP contribution in [0.2, 0.25) is 0 Å². The van der Waals surface area contributed by atoms with Gasteiger partial charge in [0.2, 0.25) is 0 Å². The maximum atomic E-state index is 12.6. The zero-order valence-corrected chi connectivity index (χ0v) is 17.9. The summed E-state index contributed by atoms with van der Waals surface area (Å²) in [4.78, 5) is 12.6. The van der Waals surface area contributed by atoms with E-state index in [0.717, 1.165) is 14.9 Å². The van der Waals surface area contributed by atoms with Crippen molar-refractivity contribution in [2.75, 3.05) is 19.5 Å². The first kappa shape index (κ1) is 20.0. The van der Waals surface area contributed by atoms with Crippen LogP contribution in [0.1, 0.15) is 15.9 Å². The second kappa shape index (κ2) is 8.97. The van der Waals surface area contributed by atoms with Crippen molar-refractivity contribution in [1.82, 2.24) is 0 Å². The molecule has 0 aliphatic rings. The molecule has 0 saturated carbocycles. The predicted molar refractivity (Wildman–Crippen MR) is 118 cm³/mol. The molecule has 0 atom stereocenters. The lowest BCUT2D eigenvalue weighted by atomic mass is 10.1. The van der Waals surface area contributed by atoms with E-state index in [9.17, 15) is 4.79 Å². The molecular weight excluding hydrogens is 469 g/mol. The lowest BCUT2D eigenvalue weighted by molar-refractivity contribution is 0.102. The van der Waals surface area contributed by atoms with Gasteiger partial charge in [-0.05, 0) is 77.5 Å². The van der Waals surface area contributed by atoms with Crippen molar-refractivity contribution in [3.63, 3.8) is 0 Å². The number of anilines is 1. The van der Waals surface area contributed by atoms with Crippen LogP contribution in [0, 0.1) is 10.5 Å². The highest BCUT2D eigenvalue weighted by Crippen LogP contribution is 2.34. The Balaban J connectivity index is 1.73. The summed E-state index contributed by atoms with van der Waals surface area (Å²) in [6.07, 6.45) is 0. The van der Waals surface area contributed by atoms with Crippen molar-refractivity contribution in [3.05, 3.63) is 75.4 Å². The minimum absolute atomic E-state index is 0.230. The van der Waals surface area contributed by atoms with Gasteiger partial charge in [0.05, 0.1) is 17.8 Å². The number of ether oxygens (including phenoxy) is 3. The molecule has 0 fully saturated rings. The van der Waals surface area contributed by atoms with E-state index in [0.29, 0.717) is 28.5 Å². The van der Waals surface area contributed by atoms with Crippen molar-refractivity contribution in [1.29, 1.82) is 0 Å². The van der Waals surface area contributed by atoms with Crippen molar-refractivity contribution >= 4 is 34.2 Å². The summed E-state index contributed by atoms with van der Waals surface area (Å²) in [5.74, 6) is 2.40. The molecule has 0 aromatic heterocycles. The fourth-order valence-corrected chi connectivity index (χ4v) is 3.48. The van der Waals surface area contributed by atoms with Crippen LogP contribution in [0.25, 0.3) is 0 Å². The van der Waals surface area contributed by atoms with Gasteiger partial charge in [0.25, 0.3) is 5.91 Å². The number of nitrogens with one attached hydrogen (secondary N) is 1. The maximum Gasteiger partial charge on any atom is 0.255 e. The van der Waals surface area contributed by atoms with Gasteiger partial charge in [0, 0.05) is 11.3 Å². The predicted octanol–water partition coefficient (Wildman–Crippen LogP) is 5.66. The number of aryl methyl sites for hydroxylation is 1. The molecule has 0 spiro atoms. The van der Waals surface area contributed by atoms with E-state index in [1.807, 2.05) is 43.3 Å². The molecule has 3 rings (SSSR count). The average Bonchev–Trinajstić information content (AvgIpc) is 2.70. The summed E-state index contributed by atoms with van der Waals surface area (Å²) >= 11 is 2.12. The summed E-state index contributed by atoms with van der Waals surface area (Å²) in [5, 5.41) is 2.88. The Morgan fingerprint density at radius 1 is 0.929 bits per heavy atom. The zero-order chi connectivity index (χ0) is 20.1. The second-order valence-corrected chi connectivity index (χ2v) is 7.20. The molecule has 0 unspecified atom stereocenters. The Morgan fingerprint density at radius 2 is 1.64 bits per heavy atom. The fourth-order valence-electron chi connectivity index (χ4n) is 2.66. The first-order valence-electron chi connectivity index (χ1n) is 8.58. The number of carbonyl (C=O) groups is 1. The number of hydrogen-bond donors (Lipinski definition) is 1. The van der Waals surface area contributed by atoms with E-state index in [1.54, 1.807) is 38.5 Å². The molecule has 28 heavy (non-hydrogen) atoms. The second-order valence-electron chi connectivity index (χ2n) is 6.04. The molecule has 0 aliphatic heterocycles. The number of amides is 1. The molecule has 0 saturated heterocycles. The van der Waals surface area contributed by atoms with Crippen molar-refractivity contribution in [2.24, 2.45) is 0 Å². The molecule has 3 aromatic rings. The molecule has 0 aliphatic carbocycles. The van der Waals surface area contributed by atoms with E-state index < -0.39 is 0 Å². The standard InChI is InChI=1S/C22H20INO4/c1-14-6-4-5-7-19(14)28-17-10-8-16(9-11-17)24-22(25)15-12-18(23)21(27-3)20(13-15)26-2/h4-13H,1-3H3,(H,24,25). The SMILES string of the molecule is COc1cc(C(=O)Nc2ccc(Oc3ccccc3C)cc2)cc(I)c1OC. The topological polar surface area (TPSA) is 56.8 Å². The highest BCUT2D eigenvalue weighted by Gasteiger charge is 2.15. The Morgan fingerprint density at radius 3 is 2.29 bits per heavy atom. The fraction of sp³-hybridized carbons (Fsp3) is 0.136. The van der Waals surface area contributed by atoms with Gasteiger partial charge in [-0.3, -0.25) is 4.79 Å². The van der Waals surface area contributed by atoms with Gasteiger partial charge in [0.15, 0.2) is 11.5 Å². The van der Waals surface area contributed by atoms with E-state index in [2.05, 4.69) is 27.9 Å². The number of methoxy groups -OCH3 is 2. The van der Waals surface area contributed by atoms with Crippen molar-refractivity contribution in [3.8, 4) is 23.0 Å². The molecule has 3 aromatic carbocycles. The lowest BCUT2D eigenvalue weighted by Gasteiger charge is -2.12. The van der Waals surface area contributed by atoms with Gasteiger partial charge in [-0.15, -0.1) is 0 Å². The summed E-state index contributed by atoms with van der Waals surface area (Å²) in [7, 11) is 3.11. The van der Waals surface area contributed by atoms with Crippen LogP contribution in [0.15, 0.2) is 60.7 Å². The quantitative estimate of drug-likeness (QED) is 0.454. The normalized spacial score (nSPS) is 10.3. The van der Waals surface area contributed by atoms with Crippen LogP contribution in [-0.4, -0.2) is 20.1 Å². The third kappa shape index (κ3) is 4.56. The molecular formula is C22H20INO4. The van der Waals surface area contributed by atoms with E-state index in [1.165, 1.54) is 0 Å². The van der Waals surface area contributed by atoms with Crippen molar-refractivity contribution < 1.29 is 19.0 Å².